The first kappa shape index (κ1) is 15.3. The Morgan fingerprint density at radius 3 is 2.27 bits per heavy atom. The Morgan fingerprint density at radius 1 is 0.909 bits per heavy atom. The fraction of sp³-hybridized carbons (Fsp3) is 0.474. The van der Waals surface area contributed by atoms with Crippen LogP contribution in [0.5, 0.6) is 5.75 Å². The van der Waals surface area contributed by atoms with E-state index in [-0.39, 0.29) is 0 Å². The van der Waals surface area contributed by atoms with Crippen molar-refractivity contribution in [3.63, 3.8) is 0 Å². The summed E-state index contributed by atoms with van der Waals surface area (Å²) in [5, 5.41) is 2.53. The van der Waals surface area contributed by atoms with Crippen molar-refractivity contribution in [2.75, 3.05) is 39.8 Å². The van der Waals surface area contributed by atoms with Crippen molar-refractivity contribution >= 4 is 10.8 Å². The number of methoxy groups -OCH3 is 1. The third-order valence-corrected chi connectivity index (χ3v) is 4.59. The summed E-state index contributed by atoms with van der Waals surface area (Å²) in [4.78, 5) is 5.14. The van der Waals surface area contributed by atoms with Crippen LogP contribution in [0.1, 0.15) is 18.9 Å². The largest absolute Gasteiger partial charge is 0.496 e. The molecular weight excluding hydrogens is 272 g/mol. The highest BCUT2D eigenvalue weighted by Gasteiger charge is 2.17. The molecule has 0 unspecified atom stereocenters. The highest BCUT2D eigenvalue weighted by Crippen LogP contribution is 2.29. The molecular formula is C19H26N2O. The SMILES string of the molecule is CCCN1CCN(Cc2ccc(OC)c3ccccc23)CC1. The summed E-state index contributed by atoms with van der Waals surface area (Å²) in [6, 6.07) is 12.9. The summed E-state index contributed by atoms with van der Waals surface area (Å²) in [6.07, 6.45) is 1.25. The van der Waals surface area contributed by atoms with Crippen LogP contribution < -0.4 is 4.74 Å². The highest BCUT2D eigenvalue weighted by atomic mass is 16.5. The van der Waals surface area contributed by atoms with E-state index >= 15 is 0 Å². The number of ether oxygens (including phenoxy) is 1. The van der Waals surface area contributed by atoms with Gasteiger partial charge in [0.05, 0.1) is 7.11 Å². The maximum absolute atomic E-state index is 5.49. The minimum Gasteiger partial charge on any atom is -0.496 e. The lowest BCUT2D eigenvalue weighted by Gasteiger charge is -2.34. The summed E-state index contributed by atoms with van der Waals surface area (Å²) < 4.78 is 5.49. The molecule has 3 rings (SSSR count). The minimum absolute atomic E-state index is 0.965. The Hall–Kier alpha value is -1.58. The summed E-state index contributed by atoms with van der Waals surface area (Å²) in [6.45, 7) is 9.25. The quantitative estimate of drug-likeness (QED) is 0.841. The van der Waals surface area contributed by atoms with E-state index in [4.69, 9.17) is 4.74 Å². The van der Waals surface area contributed by atoms with Crippen molar-refractivity contribution in [3.8, 4) is 5.75 Å². The van der Waals surface area contributed by atoms with Crippen molar-refractivity contribution < 1.29 is 4.74 Å². The molecule has 0 amide bonds. The Labute approximate surface area is 133 Å². The summed E-state index contributed by atoms with van der Waals surface area (Å²) in [7, 11) is 1.74. The van der Waals surface area contributed by atoms with Crippen LogP contribution in [0.2, 0.25) is 0 Å². The van der Waals surface area contributed by atoms with Gasteiger partial charge in [0, 0.05) is 38.1 Å². The molecule has 1 fully saturated rings. The summed E-state index contributed by atoms with van der Waals surface area (Å²) in [5.74, 6) is 0.965. The van der Waals surface area contributed by atoms with Crippen molar-refractivity contribution in [2.24, 2.45) is 0 Å². The summed E-state index contributed by atoms with van der Waals surface area (Å²) in [5.41, 5.74) is 1.40. The molecule has 0 N–H and O–H groups in total. The van der Waals surface area contributed by atoms with Crippen LogP contribution in [0.3, 0.4) is 0 Å². The van der Waals surface area contributed by atoms with Crippen LogP contribution in [0.25, 0.3) is 10.8 Å². The first-order valence-electron chi connectivity index (χ1n) is 8.31. The van der Waals surface area contributed by atoms with Crippen LogP contribution in [-0.4, -0.2) is 49.6 Å². The number of rotatable bonds is 5. The van der Waals surface area contributed by atoms with Crippen LogP contribution in [-0.2, 0) is 6.54 Å². The summed E-state index contributed by atoms with van der Waals surface area (Å²) >= 11 is 0. The molecule has 1 aliphatic heterocycles. The van der Waals surface area contributed by atoms with Crippen LogP contribution in [0, 0.1) is 0 Å². The van der Waals surface area contributed by atoms with E-state index in [9.17, 15) is 0 Å². The predicted molar refractivity (Wildman–Crippen MR) is 92.5 cm³/mol. The van der Waals surface area contributed by atoms with Crippen molar-refractivity contribution in [1.82, 2.24) is 9.80 Å². The van der Waals surface area contributed by atoms with E-state index in [1.165, 1.54) is 55.5 Å². The molecule has 1 aliphatic rings. The maximum atomic E-state index is 5.49. The first-order valence-corrected chi connectivity index (χ1v) is 8.31. The predicted octanol–water partition coefficient (Wildman–Crippen LogP) is 3.38. The molecule has 2 aromatic carbocycles. The van der Waals surface area contributed by atoms with Crippen molar-refractivity contribution in [2.45, 2.75) is 19.9 Å². The van der Waals surface area contributed by atoms with Crippen molar-refractivity contribution in [1.29, 1.82) is 0 Å². The van der Waals surface area contributed by atoms with Gasteiger partial charge in [-0.2, -0.15) is 0 Å². The average Bonchev–Trinajstić information content (AvgIpc) is 2.57. The Bertz CT molecular complexity index is 618. The van der Waals surface area contributed by atoms with Crippen molar-refractivity contribution in [3.05, 3.63) is 42.0 Å². The fourth-order valence-corrected chi connectivity index (χ4v) is 3.38. The van der Waals surface area contributed by atoms with Gasteiger partial charge in [0.2, 0.25) is 0 Å². The van der Waals surface area contributed by atoms with Gasteiger partial charge in [-0.15, -0.1) is 0 Å². The molecule has 0 aromatic heterocycles. The zero-order valence-corrected chi connectivity index (χ0v) is 13.7. The van der Waals surface area contributed by atoms with Gasteiger partial charge >= 0.3 is 0 Å². The van der Waals surface area contributed by atoms with Crippen LogP contribution in [0.4, 0.5) is 0 Å². The molecule has 3 nitrogen and oxygen atoms in total. The average molecular weight is 298 g/mol. The van der Waals surface area contributed by atoms with Gasteiger partial charge in [-0.1, -0.05) is 37.3 Å². The zero-order valence-electron chi connectivity index (χ0n) is 13.7. The van der Waals surface area contributed by atoms with E-state index < -0.39 is 0 Å². The lowest BCUT2D eigenvalue weighted by Crippen LogP contribution is -2.45. The smallest absolute Gasteiger partial charge is 0.126 e. The number of piperazine rings is 1. The Balaban J connectivity index is 1.75. The lowest BCUT2D eigenvalue weighted by atomic mass is 10.0. The topological polar surface area (TPSA) is 15.7 Å². The number of hydrogen-bond donors (Lipinski definition) is 0. The van der Waals surface area contributed by atoms with Crippen LogP contribution in [0.15, 0.2) is 36.4 Å². The van der Waals surface area contributed by atoms with Gasteiger partial charge in [0.15, 0.2) is 0 Å². The molecule has 22 heavy (non-hydrogen) atoms. The first-order chi connectivity index (χ1) is 10.8. The van der Waals surface area contributed by atoms with E-state index in [2.05, 4.69) is 53.1 Å². The molecule has 0 aliphatic carbocycles. The Kier molecular flexibility index (Phi) is 4.96. The maximum Gasteiger partial charge on any atom is 0.126 e. The van der Waals surface area contributed by atoms with Gasteiger partial charge < -0.3 is 9.64 Å². The van der Waals surface area contributed by atoms with Gasteiger partial charge in [-0.25, -0.2) is 0 Å². The van der Waals surface area contributed by atoms with E-state index in [1.54, 1.807) is 7.11 Å². The second-order valence-corrected chi connectivity index (χ2v) is 6.09. The highest BCUT2D eigenvalue weighted by molar-refractivity contribution is 5.91. The monoisotopic (exact) mass is 298 g/mol. The number of hydrogen-bond acceptors (Lipinski definition) is 3. The normalized spacial score (nSPS) is 17.0. The number of benzene rings is 2. The molecule has 1 heterocycles. The zero-order chi connectivity index (χ0) is 15.4. The second kappa shape index (κ2) is 7.12. The van der Waals surface area contributed by atoms with Gasteiger partial charge in [0.25, 0.3) is 0 Å². The third-order valence-electron chi connectivity index (χ3n) is 4.59. The molecule has 0 spiro atoms. The molecule has 118 valence electrons. The number of nitrogens with zero attached hydrogens (tertiary/aromatic N) is 2. The van der Waals surface area contributed by atoms with Gasteiger partial charge in [0.1, 0.15) is 5.75 Å². The third kappa shape index (κ3) is 3.26. The minimum atomic E-state index is 0.965. The molecule has 0 radical (unpaired) electrons. The second-order valence-electron chi connectivity index (χ2n) is 6.09. The van der Waals surface area contributed by atoms with E-state index in [1.807, 2.05) is 0 Å². The molecule has 0 atom stereocenters. The number of fused-ring (bicyclic) bond motifs is 1. The molecule has 2 aromatic rings. The van der Waals surface area contributed by atoms with Crippen LogP contribution >= 0.6 is 0 Å². The van der Waals surface area contributed by atoms with Gasteiger partial charge in [-0.3, -0.25) is 4.90 Å². The standard InChI is InChI=1S/C19H26N2O/c1-3-10-20-11-13-21(14-12-20)15-16-8-9-19(22-2)18-7-5-4-6-17(16)18/h4-9H,3,10-15H2,1-2H3. The molecule has 3 heteroatoms. The molecule has 1 saturated heterocycles. The molecule has 0 saturated carbocycles. The van der Waals surface area contributed by atoms with E-state index in [0.29, 0.717) is 0 Å². The Morgan fingerprint density at radius 2 is 1.59 bits per heavy atom. The van der Waals surface area contributed by atoms with E-state index in [0.717, 1.165) is 12.3 Å². The van der Waals surface area contributed by atoms with Gasteiger partial charge in [-0.05, 0) is 30.0 Å². The fourth-order valence-electron chi connectivity index (χ4n) is 3.38. The molecule has 0 bridgehead atoms. The lowest BCUT2D eigenvalue weighted by molar-refractivity contribution is 0.127.